The number of aliphatic carboxylic acids is 1. The van der Waals surface area contributed by atoms with Crippen LogP contribution in [0.5, 0.6) is 0 Å². The number of carbonyl (C=O) groups is 2. The van der Waals surface area contributed by atoms with Gasteiger partial charge < -0.3 is 15.2 Å². The highest BCUT2D eigenvalue weighted by atomic mass is 16.5. The first-order chi connectivity index (χ1) is 6.06. The molecule has 0 heterocycles. The first-order valence-corrected chi connectivity index (χ1v) is 3.76. The first kappa shape index (κ1) is 11.6. The number of carboxylic acids is 1. The molecule has 0 rings (SSSR count). The lowest BCUT2D eigenvalue weighted by molar-refractivity contribution is -0.131. The molecule has 1 atom stereocenters. The molecule has 5 nitrogen and oxygen atoms in total. The predicted molar refractivity (Wildman–Crippen MR) is 46.3 cm³/mol. The zero-order valence-corrected chi connectivity index (χ0v) is 7.61. The molecule has 0 aliphatic heterocycles. The van der Waals surface area contributed by atoms with E-state index in [1.807, 2.05) is 0 Å². The molecule has 0 aliphatic rings. The Bertz CT molecular complexity index is 212. The van der Waals surface area contributed by atoms with Crippen LogP contribution in [0.1, 0.15) is 6.92 Å². The normalized spacial score (nSPS) is 12.8. The highest BCUT2D eigenvalue weighted by molar-refractivity contribution is 5.93. The summed E-state index contributed by atoms with van der Waals surface area (Å²) in [4.78, 5) is 20.9. The summed E-state index contributed by atoms with van der Waals surface area (Å²) in [6, 6.07) is -0.129. The number of carboxylic acid groups (broad SMARTS) is 1. The van der Waals surface area contributed by atoms with Gasteiger partial charge in [0.2, 0.25) is 5.91 Å². The smallest absolute Gasteiger partial charge is 0.328 e. The molecular weight excluding hydrogens is 174 g/mol. The second-order valence-electron chi connectivity index (χ2n) is 2.54. The highest BCUT2D eigenvalue weighted by Crippen LogP contribution is 1.83. The van der Waals surface area contributed by atoms with Crippen LogP contribution in [0.15, 0.2) is 12.2 Å². The average Bonchev–Trinajstić information content (AvgIpc) is 2.01. The molecule has 2 N–H and O–H groups in total. The summed E-state index contributed by atoms with van der Waals surface area (Å²) in [6.45, 7) is 2.16. The van der Waals surface area contributed by atoms with E-state index < -0.39 is 11.9 Å². The first-order valence-electron chi connectivity index (χ1n) is 3.76. The van der Waals surface area contributed by atoms with E-state index in [-0.39, 0.29) is 6.04 Å². The van der Waals surface area contributed by atoms with Gasteiger partial charge in [0.1, 0.15) is 0 Å². The SMILES string of the molecule is COCC(C)NC(=O)/C=C/C(=O)O. The van der Waals surface area contributed by atoms with Gasteiger partial charge >= 0.3 is 5.97 Å². The van der Waals surface area contributed by atoms with Crippen LogP contribution in [0.4, 0.5) is 0 Å². The van der Waals surface area contributed by atoms with E-state index in [0.717, 1.165) is 12.2 Å². The van der Waals surface area contributed by atoms with Crippen molar-refractivity contribution < 1.29 is 19.4 Å². The average molecular weight is 187 g/mol. The lowest BCUT2D eigenvalue weighted by atomic mass is 10.3. The van der Waals surface area contributed by atoms with Crippen LogP contribution < -0.4 is 5.32 Å². The Balaban J connectivity index is 3.80. The summed E-state index contributed by atoms with van der Waals surface area (Å²) >= 11 is 0. The largest absolute Gasteiger partial charge is 0.478 e. The summed E-state index contributed by atoms with van der Waals surface area (Å²) in [6.07, 6.45) is 1.75. The van der Waals surface area contributed by atoms with Crippen LogP contribution in [0, 0.1) is 0 Å². The fraction of sp³-hybridized carbons (Fsp3) is 0.500. The summed E-state index contributed by atoms with van der Waals surface area (Å²) in [5.41, 5.74) is 0. The maximum Gasteiger partial charge on any atom is 0.328 e. The quantitative estimate of drug-likeness (QED) is 0.583. The molecule has 5 heteroatoms. The number of carbonyl (C=O) groups excluding carboxylic acids is 1. The summed E-state index contributed by atoms with van der Waals surface area (Å²) in [5, 5.41) is 10.7. The molecule has 0 aromatic rings. The van der Waals surface area contributed by atoms with Crippen molar-refractivity contribution in [3.8, 4) is 0 Å². The Morgan fingerprint density at radius 3 is 2.62 bits per heavy atom. The summed E-state index contributed by atoms with van der Waals surface area (Å²) < 4.78 is 4.77. The van der Waals surface area contributed by atoms with Crippen molar-refractivity contribution >= 4 is 11.9 Å². The van der Waals surface area contributed by atoms with Crippen molar-refractivity contribution in [1.82, 2.24) is 5.32 Å². The number of ether oxygens (including phenoxy) is 1. The lowest BCUT2D eigenvalue weighted by Gasteiger charge is -2.10. The molecule has 0 saturated carbocycles. The highest BCUT2D eigenvalue weighted by Gasteiger charge is 2.03. The van der Waals surface area contributed by atoms with Crippen molar-refractivity contribution in [2.24, 2.45) is 0 Å². The maximum atomic E-state index is 10.9. The minimum Gasteiger partial charge on any atom is -0.478 e. The lowest BCUT2D eigenvalue weighted by Crippen LogP contribution is -2.34. The molecule has 0 radical (unpaired) electrons. The van der Waals surface area contributed by atoms with Crippen molar-refractivity contribution in [3.63, 3.8) is 0 Å². The standard InChI is InChI=1S/C8H13NO4/c1-6(5-13-2)9-7(10)3-4-8(11)12/h3-4,6H,5H2,1-2H3,(H,9,10)(H,11,12)/b4-3+. The van der Waals surface area contributed by atoms with Crippen LogP contribution >= 0.6 is 0 Å². The van der Waals surface area contributed by atoms with Crippen molar-refractivity contribution in [1.29, 1.82) is 0 Å². The zero-order chi connectivity index (χ0) is 10.3. The number of methoxy groups -OCH3 is 1. The van der Waals surface area contributed by atoms with E-state index in [1.54, 1.807) is 6.92 Å². The van der Waals surface area contributed by atoms with Gasteiger partial charge in [-0.2, -0.15) is 0 Å². The Morgan fingerprint density at radius 1 is 1.54 bits per heavy atom. The van der Waals surface area contributed by atoms with E-state index in [4.69, 9.17) is 9.84 Å². The second-order valence-corrected chi connectivity index (χ2v) is 2.54. The molecule has 1 unspecified atom stereocenters. The van der Waals surface area contributed by atoms with E-state index in [2.05, 4.69) is 5.32 Å². The van der Waals surface area contributed by atoms with E-state index in [9.17, 15) is 9.59 Å². The van der Waals surface area contributed by atoms with Crippen molar-refractivity contribution in [3.05, 3.63) is 12.2 Å². The van der Waals surface area contributed by atoms with E-state index in [1.165, 1.54) is 7.11 Å². The minimum absolute atomic E-state index is 0.129. The molecule has 0 bridgehead atoms. The number of nitrogens with one attached hydrogen (secondary N) is 1. The summed E-state index contributed by atoms with van der Waals surface area (Å²) in [7, 11) is 1.52. The van der Waals surface area contributed by atoms with Gasteiger partial charge in [-0.05, 0) is 6.92 Å². The number of hydrogen-bond donors (Lipinski definition) is 2. The van der Waals surface area contributed by atoms with Gasteiger partial charge in [-0.3, -0.25) is 4.79 Å². The Hall–Kier alpha value is -1.36. The van der Waals surface area contributed by atoms with Crippen molar-refractivity contribution in [2.45, 2.75) is 13.0 Å². The molecule has 74 valence electrons. The molecular formula is C8H13NO4. The van der Waals surface area contributed by atoms with Gasteiger partial charge in [0.25, 0.3) is 0 Å². The molecule has 0 aliphatic carbocycles. The van der Waals surface area contributed by atoms with Crippen molar-refractivity contribution in [2.75, 3.05) is 13.7 Å². The van der Waals surface area contributed by atoms with Gasteiger partial charge in [0, 0.05) is 25.3 Å². The number of rotatable bonds is 5. The Morgan fingerprint density at radius 2 is 2.15 bits per heavy atom. The third kappa shape index (κ3) is 7.02. The van der Waals surface area contributed by atoms with Gasteiger partial charge in [-0.15, -0.1) is 0 Å². The van der Waals surface area contributed by atoms with Crippen LogP contribution in [0.3, 0.4) is 0 Å². The van der Waals surface area contributed by atoms with Crippen LogP contribution in [-0.2, 0) is 14.3 Å². The maximum absolute atomic E-state index is 10.9. The Labute approximate surface area is 76.4 Å². The third-order valence-electron chi connectivity index (χ3n) is 1.18. The Kier molecular flexibility index (Phi) is 5.54. The van der Waals surface area contributed by atoms with Gasteiger partial charge in [0.15, 0.2) is 0 Å². The van der Waals surface area contributed by atoms with Gasteiger partial charge in [-0.1, -0.05) is 0 Å². The molecule has 0 saturated heterocycles. The summed E-state index contributed by atoms with van der Waals surface area (Å²) in [5.74, 6) is -1.58. The molecule has 0 aromatic carbocycles. The number of hydrogen-bond acceptors (Lipinski definition) is 3. The third-order valence-corrected chi connectivity index (χ3v) is 1.18. The fourth-order valence-electron chi connectivity index (χ4n) is 0.730. The molecule has 13 heavy (non-hydrogen) atoms. The second kappa shape index (κ2) is 6.19. The van der Waals surface area contributed by atoms with Gasteiger partial charge in [0.05, 0.1) is 6.61 Å². The molecule has 0 spiro atoms. The fourth-order valence-corrected chi connectivity index (χ4v) is 0.730. The van der Waals surface area contributed by atoms with Crippen LogP contribution in [0.2, 0.25) is 0 Å². The van der Waals surface area contributed by atoms with Crippen LogP contribution in [-0.4, -0.2) is 36.7 Å². The monoisotopic (exact) mass is 187 g/mol. The van der Waals surface area contributed by atoms with E-state index >= 15 is 0 Å². The zero-order valence-electron chi connectivity index (χ0n) is 7.61. The van der Waals surface area contributed by atoms with Gasteiger partial charge in [-0.25, -0.2) is 4.79 Å². The minimum atomic E-state index is -1.14. The molecule has 1 amide bonds. The topological polar surface area (TPSA) is 75.6 Å². The predicted octanol–water partition coefficient (Wildman–Crippen LogP) is -0.222. The number of amides is 1. The van der Waals surface area contributed by atoms with E-state index in [0.29, 0.717) is 6.61 Å². The molecule has 0 fully saturated rings. The molecule has 0 aromatic heterocycles. The van der Waals surface area contributed by atoms with Crippen LogP contribution in [0.25, 0.3) is 0 Å².